The molecule has 8 nitrogen and oxygen atoms in total. The molecule has 2 aromatic heterocycles. The van der Waals surface area contributed by atoms with Gasteiger partial charge in [0.1, 0.15) is 5.69 Å². The van der Waals surface area contributed by atoms with E-state index in [9.17, 15) is 9.59 Å². The van der Waals surface area contributed by atoms with Crippen molar-refractivity contribution >= 4 is 18.1 Å². The van der Waals surface area contributed by atoms with Crippen LogP contribution in [0.25, 0.3) is 0 Å². The molecule has 0 spiro atoms. The molecule has 1 N–H and O–H groups in total. The second-order valence-corrected chi connectivity index (χ2v) is 5.19. The van der Waals surface area contributed by atoms with Crippen LogP contribution in [-0.2, 0) is 0 Å². The Morgan fingerprint density at radius 1 is 1.15 bits per heavy atom. The van der Waals surface area contributed by atoms with Crippen molar-refractivity contribution in [1.82, 2.24) is 10.4 Å². The first kappa shape index (κ1) is 17.9. The Labute approximate surface area is 154 Å². The number of hydrazone groups is 1. The van der Waals surface area contributed by atoms with Gasteiger partial charge in [-0.1, -0.05) is 6.07 Å². The fourth-order valence-electron chi connectivity index (χ4n) is 2.11. The van der Waals surface area contributed by atoms with Gasteiger partial charge in [0, 0.05) is 6.20 Å². The zero-order chi connectivity index (χ0) is 19.1. The number of carbonyl (C=O) groups excluding carboxylic acids is 2. The normalized spacial score (nSPS) is 10.6. The van der Waals surface area contributed by atoms with Gasteiger partial charge in [-0.2, -0.15) is 5.10 Å². The monoisotopic (exact) mass is 365 g/mol. The Morgan fingerprint density at radius 3 is 2.74 bits per heavy atom. The molecule has 27 heavy (non-hydrogen) atoms. The van der Waals surface area contributed by atoms with Gasteiger partial charge in [-0.3, -0.25) is 9.78 Å². The van der Waals surface area contributed by atoms with Crippen LogP contribution in [0.3, 0.4) is 0 Å². The minimum Gasteiger partial charge on any atom is -0.493 e. The molecule has 0 bridgehead atoms. The fourth-order valence-corrected chi connectivity index (χ4v) is 2.11. The quantitative estimate of drug-likeness (QED) is 0.312. The van der Waals surface area contributed by atoms with Crippen molar-refractivity contribution < 1.29 is 23.5 Å². The van der Waals surface area contributed by atoms with Crippen molar-refractivity contribution in [3.63, 3.8) is 0 Å². The molecule has 0 aliphatic heterocycles. The van der Waals surface area contributed by atoms with Gasteiger partial charge in [-0.25, -0.2) is 10.2 Å². The number of hydrogen-bond donors (Lipinski definition) is 1. The van der Waals surface area contributed by atoms with Crippen LogP contribution in [-0.4, -0.2) is 30.2 Å². The summed E-state index contributed by atoms with van der Waals surface area (Å²) >= 11 is 0. The minimum atomic E-state index is -0.637. The molecule has 8 heteroatoms. The summed E-state index contributed by atoms with van der Waals surface area (Å²) in [6.45, 7) is 0. The van der Waals surface area contributed by atoms with E-state index in [0.29, 0.717) is 11.3 Å². The first-order valence-electron chi connectivity index (χ1n) is 7.85. The highest BCUT2D eigenvalue weighted by molar-refractivity contribution is 5.93. The van der Waals surface area contributed by atoms with Gasteiger partial charge >= 0.3 is 5.97 Å². The molecule has 0 saturated heterocycles. The summed E-state index contributed by atoms with van der Waals surface area (Å²) in [6.07, 6.45) is 4.33. The number of aromatic nitrogens is 1. The number of carbonyl (C=O) groups is 2. The van der Waals surface area contributed by atoms with Gasteiger partial charge in [-0.15, -0.1) is 0 Å². The lowest BCUT2D eigenvalue weighted by Crippen LogP contribution is -2.18. The number of rotatable bonds is 6. The summed E-state index contributed by atoms with van der Waals surface area (Å²) in [5, 5.41) is 3.88. The van der Waals surface area contributed by atoms with E-state index in [1.54, 1.807) is 42.5 Å². The molecule has 0 unspecified atom stereocenters. The lowest BCUT2D eigenvalue weighted by Gasteiger charge is -2.09. The summed E-state index contributed by atoms with van der Waals surface area (Å²) < 4.78 is 15.5. The lowest BCUT2D eigenvalue weighted by atomic mass is 10.2. The highest BCUT2D eigenvalue weighted by Crippen LogP contribution is 2.28. The van der Waals surface area contributed by atoms with E-state index in [1.807, 2.05) is 0 Å². The van der Waals surface area contributed by atoms with Crippen LogP contribution in [0.15, 0.2) is 70.5 Å². The average Bonchev–Trinajstić information content (AvgIpc) is 3.24. The summed E-state index contributed by atoms with van der Waals surface area (Å²) in [5.74, 6) is -0.423. The van der Waals surface area contributed by atoms with Gasteiger partial charge < -0.3 is 13.9 Å². The Kier molecular flexibility index (Phi) is 5.58. The number of hydrogen-bond acceptors (Lipinski definition) is 7. The highest BCUT2D eigenvalue weighted by Gasteiger charge is 2.14. The van der Waals surface area contributed by atoms with Crippen molar-refractivity contribution in [2.45, 2.75) is 0 Å². The number of pyridine rings is 1. The number of ether oxygens (including phenoxy) is 2. The van der Waals surface area contributed by atoms with Crippen LogP contribution in [0.1, 0.15) is 26.6 Å². The third kappa shape index (κ3) is 4.57. The standard InChI is InChI=1S/C19H15N3O5/c1-25-17-11-13(12-21-22-18(23)14-5-2-3-9-20-14)7-8-15(17)27-19(24)16-6-4-10-26-16/h2-12H,1H3,(H,22,23)/b21-12+. The molecule has 0 aliphatic carbocycles. The Hall–Kier alpha value is -3.94. The summed E-state index contributed by atoms with van der Waals surface area (Å²) in [4.78, 5) is 27.8. The van der Waals surface area contributed by atoms with Crippen LogP contribution < -0.4 is 14.9 Å². The maximum atomic E-state index is 12.0. The number of furan rings is 1. The Balaban J connectivity index is 1.66. The number of amides is 1. The summed E-state index contributed by atoms with van der Waals surface area (Å²) in [6, 6.07) is 12.9. The molecule has 0 aliphatic rings. The zero-order valence-electron chi connectivity index (χ0n) is 14.3. The first-order valence-corrected chi connectivity index (χ1v) is 7.85. The van der Waals surface area contributed by atoms with E-state index in [1.165, 1.54) is 31.9 Å². The lowest BCUT2D eigenvalue weighted by molar-refractivity contribution is 0.0696. The molecule has 1 aromatic carbocycles. The fraction of sp³-hybridized carbons (Fsp3) is 0.0526. The topological polar surface area (TPSA) is 103 Å². The number of methoxy groups -OCH3 is 1. The predicted molar refractivity (Wildman–Crippen MR) is 96.0 cm³/mol. The molecule has 0 atom stereocenters. The molecule has 0 saturated carbocycles. The third-order valence-electron chi connectivity index (χ3n) is 3.39. The van der Waals surface area contributed by atoms with E-state index in [-0.39, 0.29) is 17.2 Å². The van der Waals surface area contributed by atoms with Crippen LogP contribution in [0.4, 0.5) is 0 Å². The van der Waals surface area contributed by atoms with Crippen LogP contribution in [0.2, 0.25) is 0 Å². The Morgan fingerprint density at radius 2 is 2.04 bits per heavy atom. The molecule has 2 heterocycles. The molecule has 3 aromatic rings. The van der Waals surface area contributed by atoms with Gasteiger partial charge in [0.2, 0.25) is 5.76 Å². The second-order valence-electron chi connectivity index (χ2n) is 5.19. The smallest absolute Gasteiger partial charge is 0.379 e. The van der Waals surface area contributed by atoms with E-state index in [2.05, 4.69) is 15.5 Å². The number of esters is 1. The highest BCUT2D eigenvalue weighted by atomic mass is 16.6. The summed E-state index contributed by atoms with van der Waals surface area (Å²) in [7, 11) is 1.45. The molecule has 3 rings (SSSR count). The zero-order valence-corrected chi connectivity index (χ0v) is 14.3. The van der Waals surface area contributed by atoms with Crippen LogP contribution in [0.5, 0.6) is 11.5 Å². The number of nitrogens with one attached hydrogen (secondary N) is 1. The van der Waals surface area contributed by atoms with E-state index >= 15 is 0 Å². The molecule has 1 amide bonds. The van der Waals surface area contributed by atoms with Crippen molar-refractivity contribution in [3.8, 4) is 11.5 Å². The SMILES string of the molecule is COc1cc(/C=N/NC(=O)c2ccccn2)ccc1OC(=O)c1ccco1. The van der Waals surface area contributed by atoms with Gasteiger partial charge in [0.05, 0.1) is 19.6 Å². The maximum Gasteiger partial charge on any atom is 0.379 e. The van der Waals surface area contributed by atoms with Gasteiger partial charge in [0.25, 0.3) is 5.91 Å². The summed E-state index contributed by atoms with van der Waals surface area (Å²) in [5.41, 5.74) is 3.27. The van der Waals surface area contributed by atoms with Crippen LogP contribution >= 0.6 is 0 Å². The third-order valence-corrected chi connectivity index (χ3v) is 3.39. The number of nitrogens with zero attached hydrogens (tertiary/aromatic N) is 2. The van der Waals surface area contributed by atoms with E-state index in [0.717, 1.165) is 0 Å². The van der Waals surface area contributed by atoms with Crippen molar-refractivity contribution in [2.24, 2.45) is 5.10 Å². The average molecular weight is 365 g/mol. The van der Waals surface area contributed by atoms with Crippen LogP contribution in [0, 0.1) is 0 Å². The largest absolute Gasteiger partial charge is 0.493 e. The molecular weight excluding hydrogens is 350 g/mol. The van der Waals surface area contributed by atoms with E-state index in [4.69, 9.17) is 13.9 Å². The minimum absolute atomic E-state index is 0.0833. The van der Waals surface area contributed by atoms with Crippen molar-refractivity contribution in [2.75, 3.05) is 7.11 Å². The Bertz CT molecular complexity index is 953. The first-order chi connectivity index (χ1) is 13.2. The predicted octanol–water partition coefficient (Wildman–Crippen LogP) is 2.67. The van der Waals surface area contributed by atoms with Crippen molar-refractivity contribution in [1.29, 1.82) is 0 Å². The molecule has 0 fully saturated rings. The molecule has 0 radical (unpaired) electrons. The molecule has 136 valence electrons. The molecular formula is C19H15N3O5. The van der Waals surface area contributed by atoms with Crippen molar-refractivity contribution in [3.05, 3.63) is 78.0 Å². The number of benzene rings is 1. The van der Waals surface area contributed by atoms with E-state index < -0.39 is 11.9 Å². The second kappa shape index (κ2) is 8.43. The maximum absolute atomic E-state index is 12.0. The van der Waals surface area contributed by atoms with Gasteiger partial charge in [0.15, 0.2) is 11.5 Å². The van der Waals surface area contributed by atoms with Gasteiger partial charge in [-0.05, 0) is 48.0 Å².